The molecule has 3 heteroatoms. The van der Waals surface area contributed by atoms with E-state index in [0.717, 1.165) is 19.4 Å². The van der Waals surface area contributed by atoms with Gasteiger partial charge in [-0.15, -0.1) is 0 Å². The number of aryl methyl sites for hydroxylation is 1. The zero-order valence-corrected chi connectivity index (χ0v) is 12.3. The van der Waals surface area contributed by atoms with Gasteiger partial charge in [0, 0.05) is 22.8 Å². The molecule has 1 aliphatic heterocycles. The summed E-state index contributed by atoms with van der Waals surface area (Å²) in [6.07, 6.45) is 2.12. The fourth-order valence-corrected chi connectivity index (χ4v) is 2.71. The van der Waals surface area contributed by atoms with Crippen molar-refractivity contribution in [3.8, 4) is 0 Å². The van der Waals surface area contributed by atoms with Crippen LogP contribution in [0.15, 0.2) is 22.7 Å². The van der Waals surface area contributed by atoms with Crippen LogP contribution in [0, 0.1) is 6.92 Å². The summed E-state index contributed by atoms with van der Waals surface area (Å²) in [5.74, 6) is 0. The Morgan fingerprint density at radius 2 is 2.18 bits per heavy atom. The fourth-order valence-electron chi connectivity index (χ4n) is 2.33. The van der Waals surface area contributed by atoms with Gasteiger partial charge in [-0.25, -0.2) is 0 Å². The molecule has 2 rings (SSSR count). The maximum atomic E-state index is 5.74. The van der Waals surface area contributed by atoms with Crippen molar-refractivity contribution in [2.75, 3.05) is 11.9 Å². The second kappa shape index (κ2) is 4.99. The first-order valence-electron chi connectivity index (χ1n) is 6.13. The van der Waals surface area contributed by atoms with Crippen LogP contribution in [0.3, 0.4) is 0 Å². The highest BCUT2D eigenvalue weighted by atomic mass is 79.9. The van der Waals surface area contributed by atoms with Crippen LogP contribution in [-0.4, -0.2) is 18.2 Å². The van der Waals surface area contributed by atoms with E-state index in [-0.39, 0.29) is 5.60 Å². The molecule has 1 aliphatic rings. The molecule has 0 spiro atoms. The number of hydrogen-bond donors (Lipinski definition) is 1. The number of hydrogen-bond acceptors (Lipinski definition) is 2. The third-order valence-corrected chi connectivity index (χ3v) is 4.30. The molecular formula is C14H20BrNO. The number of anilines is 1. The van der Waals surface area contributed by atoms with Crippen molar-refractivity contribution in [3.05, 3.63) is 28.2 Å². The molecule has 0 amide bonds. The largest absolute Gasteiger partial charge is 0.381 e. The van der Waals surface area contributed by atoms with Crippen LogP contribution in [0.4, 0.5) is 5.69 Å². The molecule has 1 aromatic rings. The fraction of sp³-hybridized carbons (Fsp3) is 0.571. The van der Waals surface area contributed by atoms with E-state index in [1.807, 2.05) is 0 Å². The molecule has 1 unspecified atom stereocenters. The predicted molar refractivity (Wildman–Crippen MR) is 75.6 cm³/mol. The zero-order valence-electron chi connectivity index (χ0n) is 10.7. The average Bonchev–Trinajstić information content (AvgIpc) is 2.23. The highest BCUT2D eigenvalue weighted by molar-refractivity contribution is 9.10. The van der Waals surface area contributed by atoms with E-state index in [1.54, 1.807) is 0 Å². The standard InChI is InChI=1S/C14H20BrNO/c1-10-5-4-6-12(13(10)15)16-11-7-8-17-14(2,3)9-11/h4-6,11,16H,7-9H2,1-3H3. The Balaban J connectivity index is 2.08. The molecule has 1 saturated heterocycles. The minimum Gasteiger partial charge on any atom is -0.381 e. The number of rotatable bonds is 2. The van der Waals surface area contributed by atoms with Gasteiger partial charge in [-0.3, -0.25) is 0 Å². The lowest BCUT2D eigenvalue weighted by Crippen LogP contribution is -2.40. The summed E-state index contributed by atoms with van der Waals surface area (Å²) < 4.78 is 6.91. The van der Waals surface area contributed by atoms with Crippen LogP contribution in [0.5, 0.6) is 0 Å². The maximum absolute atomic E-state index is 5.74. The first-order valence-corrected chi connectivity index (χ1v) is 6.93. The van der Waals surface area contributed by atoms with Gasteiger partial charge in [0.25, 0.3) is 0 Å². The number of nitrogens with one attached hydrogen (secondary N) is 1. The lowest BCUT2D eigenvalue weighted by molar-refractivity contribution is -0.0553. The summed E-state index contributed by atoms with van der Waals surface area (Å²) in [4.78, 5) is 0. The van der Waals surface area contributed by atoms with E-state index in [4.69, 9.17) is 4.74 Å². The zero-order chi connectivity index (χ0) is 12.5. The molecule has 94 valence electrons. The molecule has 0 saturated carbocycles. The molecule has 1 fully saturated rings. The predicted octanol–water partition coefficient (Wildman–Crippen LogP) is 4.13. The van der Waals surface area contributed by atoms with E-state index in [2.05, 4.69) is 60.2 Å². The third kappa shape index (κ3) is 3.23. The molecule has 0 aromatic heterocycles. The second-order valence-corrected chi connectivity index (χ2v) is 6.17. The van der Waals surface area contributed by atoms with Gasteiger partial charge in [0.15, 0.2) is 0 Å². The molecule has 2 nitrogen and oxygen atoms in total. The smallest absolute Gasteiger partial charge is 0.0646 e. The van der Waals surface area contributed by atoms with E-state index < -0.39 is 0 Å². The van der Waals surface area contributed by atoms with Crippen LogP contribution >= 0.6 is 15.9 Å². The third-order valence-electron chi connectivity index (χ3n) is 3.25. The van der Waals surface area contributed by atoms with Crippen molar-refractivity contribution >= 4 is 21.6 Å². The molecule has 1 heterocycles. The number of benzene rings is 1. The summed E-state index contributed by atoms with van der Waals surface area (Å²) in [6.45, 7) is 7.27. The van der Waals surface area contributed by atoms with Crippen LogP contribution < -0.4 is 5.32 Å². The van der Waals surface area contributed by atoms with Gasteiger partial charge in [-0.05, 0) is 61.2 Å². The Hall–Kier alpha value is -0.540. The topological polar surface area (TPSA) is 21.3 Å². The van der Waals surface area contributed by atoms with Gasteiger partial charge in [0.2, 0.25) is 0 Å². The quantitative estimate of drug-likeness (QED) is 0.886. The molecule has 0 aliphatic carbocycles. The van der Waals surface area contributed by atoms with Crippen LogP contribution in [0.25, 0.3) is 0 Å². The number of halogens is 1. The Morgan fingerprint density at radius 3 is 2.88 bits per heavy atom. The number of ether oxygens (including phenoxy) is 1. The molecule has 1 aromatic carbocycles. The van der Waals surface area contributed by atoms with Crippen LogP contribution in [0.2, 0.25) is 0 Å². The van der Waals surface area contributed by atoms with E-state index >= 15 is 0 Å². The van der Waals surface area contributed by atoms with Crippen molar-refractivity contribution in [1.29, 1.82) is 0 Å². The average molecular weight is 298 g/mol. The lowest BCUT2D eigenvalue weighted by atomic mass is 9.94. The minimum atomic E-state index is -0.00772. The van der Waals surface area contributed by atoms with Crippen molar-refractivity contribution in [2.24, 2.45) is 0 Å². The summed E-state index contributed by atoms with van der Waals surface area (Å²) in [6, 6.07) is 6.83. The van der Waals surface area contributed by atoms with Gasteiger partial charge in [0.05, 0.1) is 5.60 Å². The first kappa shape index (κ1) is 12.9. The molecule has 1 N–H and O–H groups in total. The normalized spacial score (nSPS) is 23.4. The molecule has 17 heavy (non-hydrogen) atoms. The minimum absolute atomic E-state index is 0.00772. The Bertz CT molecular complexity index is 403. The SMILES string of the molecule is Cc1cccc(NC2CCOC(C)(C)C2)c1Br. The summed E-state index contributed by atoms with van der Waals surface area (Å²) in [7, 11) is 0. The van der Waals surface area contributed by atoms with Crippen molar-refractivity contribution in [3.63, 3.8) is 0 Å². The van der Waals surface area contributed by atoms with Crippen molar-refractivity contribution in [1.82, 2.24) is 0 Å². The molecular weight excluding hydrogens is 278 g/mol. The van der Waals surface area contributed by atoms with Crippen molar-refractivity contribution in [2.45, 2.75) is 45.3 Å². The lowest BCUT2D eigenvalue weighted by Gasteiger charge is -2.36. The maximum Gasteiger partial charge on any atom is 0.0646 e. The van der Waals surface area contributed by atoms with E-state index in [1.165, 1.54) is 15.7 Å². The van der Waals surface area contributed by atoms with Crippen LogP contribution in [-0.2, 0) is 4.74 Å². The van der Waals surface area contributed by atoms with Gasteiger partial charge < -0.3 is 10.1 Å². The second-order valence-electron chi connectivity index (χ2n) is 5.38. The summed E-state index contributed by atoms with van der Waals surface area (Å²) >= 11 is 3.64. The Morgan fingerprint density at radius 1 is 1.41 bits per heavy atom. The van der Waals surface area contributed by atoms with E-state index in [9.17, 15) is 0 Å². The highest BCUT2D eigenvalue weighted by Crippen LogP contribution is 2.30. The monoisotopic (exact) mass is 297 g/mol. The van der Waals surface area contributed by atoms with Gasteiger partial charge in [-0.2, -0.15) is 0 Å². The van der Waals surface area contributed by atoms with Gasteiger partial charge >= 0.3 is 0 Å². The van der Waals surface area contributed by atoms with Gasteiger partial charge in [0.1, 0.15) is 0 Å². The van der Waals surface area contributed by atoms with Crippen molar-refractivity contribution < 1.29 is 4.74 Å². The van der Waals surface area contributed by atoms with E-state index in [0.29, 0.717) is 6.04 Å². The Labute approximate surface area is 112 Å². The Kier molecular flexibility index (Phi) is 3.79. The molecule has 0 bridgehead atoms. The molecule has 0 radical (unpaired) electrons. The van der Waals surface area contributed by atoms with Crippen LogP contribution in [0.1, 0.15) is 32.3 Å². The summed E-state index contributed by atoms with van der Waals surface area (Å²) in [5.41, 5.74) is 2.45. The molecule has 1 atom stereocenters. The van der Waals surface area contributed by atoms with Gasteiger partial charge in [-0.1, -0.05) is 12.1 Å². The first-order chi connectivity index (χ1) is 7.98. The highest BCUT2D eigenvalue weighted by Gasteiger charge is 2.28. The summed E-state index contributed by atoms with van der Waals surface area (Å²) in [5, 5.41) is 3.62.